The number of halogens is 5. The van der Waals surface area contributed by atoms with Gasteiger partial charge in [-0.3, -0.25) is 0 Å². The molecule has 1 aromatic rings. The van der Waals surface area contributed by atoms with Crippen molar-refractivity contribution < 1.29 is 31.4 Å². The Morgan fingerprint density at radius 2 is 1.75 bits per heavy atom. The summed E-state index contributed by atoms with van der Waals surface area (Å²) in [5.74, 6) is -1.56. The summed E-state index contributed by atoms with van der Waals surface area (Å²) >= 11 is 3.77. The minimum Gasteiger partial charge on any atom is -0.431 e. The molecule has 0 aliphatic heterocycles. The number of benzene rings is 1. The molecular weight excluding hydrogens is 255 g/mol. The molecule has 0 radical (unpaired) electrons. The molecular formula is C8H5F5O2S. The van der Waals surface area contributed by atoms with Crippen LogP contribution in [0, 0.1) is 0 Å². The topological polar surface area (TPSA) is 18.5 Å². The molecule has 0 atom stereocenters. The van der Waals surface area contributed by atoms with Crippen LogP contribution in [0.3, 0.4) is 0 Å². The van der Waals surface area contributed by atoms with E-state index in [4.69, 9.17) is 0 Å². The van der Waals surface area contributed by atoms with Gasteiger partial charge in [-0.1, -0.05) is 0 Å². The fraction of sp³-hybridized carbons (Fsp3) is 0.250. The number of alkyl halides is 5. The van der Waals surface area contributed by atoms with Gasteiger partial charge in [-0.25, -0.2) is 0 Å². The molecule has 0 N–H and O–H groups in total. The molecule has 0 aromatic heterocycles. The van der Waals surface area contributed by atoms with Crippen LogP contribution >= 0.6 is 12.6 Å². The van der Waals surface area contributed by atoms with Crippen LogP contribution in [0.15, 0.2) is 23.1 Å². The van der Waals surface area contributed by atoms with E-state index in [9.17, 15) is 22.0 Å². The molecule has 0 saturated heterocycles. The molecule has 0 bridgehead atoms. The van der Waals surface area contributed by atoms with Gasteiger partial charge in [0.05, 0.1) is 0 Å². The highest BCUT2D eigenvalue weighted by Crippen LogP contribution is 2.34. The van der Waals surface area contributed by atoms with Crippen molar-refractivity contribution in [2.24, 2.45) is 0 Å². The first kappa shape index (κ1) is 12.9. The second-order valence-corrected chi connectivity index (χ2v) is 3.07. The summed E-state index contributed by atoms with van der Waals surface area (Å²) < 4.78 is 66.7. The summed E-state index contributed by atoms with van der Waals surface area (Å²) in [6.45, 7) is -3.24. The predicted octanol–water partition coefficient (Wildman–Crippen LogP) is 3.48. The first-order valence-electron chi connectivity index (χ1n) is 3.81. The molecule has 0 aliphatic carbocycles. The zero-order valence-corrected chi connectivity index (χ0v) is 8.36. The molecule has 0 heterocycles. The van der Waals surface area contributed by atoms with Crippen molar-refractivity contribution >= 4 is 12.6 Å². The molecule has 16 heavy (non-hydrogen) atoms. The first-order valence-corrected chi connectivity index (χ1v) is 4.26. The molecule has 90 valence electrons. The zero-order valence-electron chi connectivity index (χ0n) is 7.46. The monoisotopic (exact) mass is 260 g/mol. The summed E-state index contributed by atoms with van der Waals surface area (Å²) in [5, 5.41) is 0. The Kier molecular flexibility index (Phi) is 3.84. The Hall–Kier alpha value is -1.18. The van der Waals surface area contributed by atoms with Crippen LogP contribution in [0.25, 0.3) is 0 Å². The Balaban J connectivity index is 2.98. The summed E-state index contributed by atoms with van der Waals surface area (Å²) in [6, 6.07) is 2.90. The zero-order chi connectivity index (χ0) is 12.3. The normalized spacial score (nSPS) is 11.7. The van der Waals surface area contributed by atoms with Crippen LogP contribution in [-0.2, 0) is 0 Å². The lowest BCUT2D eigenvalue weighted by atomic mass is 10.3. The minimum absolute atomic E-state index is 0.171. The van der Waals surface area contributed by atoms with Crippen molar-refractivity contribution in [1.82, 2.24) is 0 Å². The van der Waals surface area contributed by atoms with Crippen LogP contribution < -0.4 is 9.47 Å². The largest absolute Gasteiger partial charge is 0.573 e. The Morgan fingerprint density at radius 3 is 2.25 bits per heavy atom. The smallest absolute Gasteiger partial charge is 0.431 e. The molecule has 1 rings (SSSR count). The van der Waals surface area contributed by atoms with Gasteiger partial charge in [0.1, 0.15) is 0 Å². The van der Waals surface area contributed by atoms with Crippen molar-refractivity contribution in [3.05, 3.63) is 18.2 Å². The van der Waals surface area contributed by atoms with Gasteiger partial charge in [0.25, 0.3) is 0 Å². The third kappa shape index (κ3) is 4.13. The van der Waals surface area contributed by atoms with E-state index in [-0.39, 0.29) is 4.90 Å². The highest BCUT2D eigenvalue weighted by atomic mass is 32.1. The second kappa shape index (κ2) is 4.77. The molecule has 0 amide bonds. The fourth-order valence-corrected chi connectivity index (χ4v) is 1.09. The van der Waals surface area contributed by atoms with Gasteiger partial charge in [-0.2, -0.15) is 8.78 Å². The lowest BCUT2D eigenvalue weighted by molar-refractivity contribution is -0.275. The summed E-state index contributed by atoms with van der Waals surface area (Å²) in [5.41, 5.74) is 0. The molecule has 0 fully saturated rings. The highest BCUT2D eigenvalue weighted by molar-refractivity contribution is 7.80. The summed E-state index contributed by atoms with van der Waals surface area (Å²) in [6.07, 6.45) is -4.97. The number of thiol groups is 1. The maximum atomic E-state index is 11.9. The van der Waals surface area contributed by atoms with Gasteiger partial charge in [-0.05, 0) is 18.2 Å². The van der Waals surface area contributed by atoms with Crippen LogP contribution in [0.4, 0.5) is 22.0 Å². The number of rotatable bonds is 3. The fourth-order valence-electron chi connectivity index (χ4n) is 0.894. The average molecular weight is 260 g/mol. The Morgan fingerprint density at radius 1 is 1.12 bits per heavy atom. The van der Waals surface area contributed by atoms with Crippen LogP contribution in [0.5, 0.6) is 11.5 Å². The van der Waals surface area contributed by atoms with Gasteiger partial charge < -0.3 is 9.47 Å². The van der Waals surface area contributed by atoms with E-state index < -0.39 is 24.5 Å². The van der Waals surface area contributed by atoms with E-state index in [1.54, 1.807) is 0 Å². The van der Waals surface area contributed by atoms with E-state index >= 15 is 0 Å². The van der Waals surface area contributed by atoms with Crippen molar-refractivity contribution in [3.63, 3.8) is 0 Å². The quantitative estimate of drug-likeness (QED) is 0.662. The standard InChI is InChI=1S/C8H5F5O2S/c9-7(10)14-6-3-4(16)1-2-5(6)15-8(11,12)13/h1-3,7,16H. The van der Waals surface area contributed by atoms with Crippen LogP contribution in [0.1, 0.15) is 0 Å². The van der Waals surface area contributed by atoms with E-state index in [2.05, 4.69) is 22.1 Å². The van der Waals surface area contributed by atoms with Crippen molar-refractivity contribution in [3.8, 4) is 11.5 Å². The maximum absolute atomic E-state index is 11.9. The average Bonchev–Trinajstić information content (AvgIpc) is 2.06. The second-order valence-electron chi connectivity index (χ2n) is 2.56. The van der Waals surface area contributed by atoms with Crippen molar-refractivity contribution in [1.29, 1.82) is 0 Å². The molecule has 0 spiro atoms. The highest BCUT2D eigenvalue weighted by Gasteiger charge is 2.32. The number of hydrogen-bond donors (Lipinski definition) is 1. The molecule has 2 nitrogen and oxygen atoms in total. The third-order valence-electron chi connectivity index (χ3n) is 1.37. The van der Waals surface area contributed by atoms with Crippen LogP contribution in [-0.4, -0.2) is 13.0 Å². The molecule has 8 heteroatoms. The molecule has 0 saturated carbocycles. The summed E-state index contributed by atoms with van der Waals surface area (Å²) in [7, 11) is 0. The predicted molar refractivity (Wildman–Crippen MR) is 47.0 cm³/mol. The first-order chi connectivity index (χ1) is 7.28. The number of ether oxygens (including phenoxy) is 2. The van der Waals surface area contributed by atoms with E-state index in [1.165, 1.54) is 0 Å². The number of hydrogen-bond acceptors (Lipinski definition) is 3. The Labute approximate surface area is 92.4 Å². The third-order valence-corrected chi connectivity index (χ3v) is 1.65. The SMILES string of the molecule is FC(F)Oc1cc(S)ccc1OC(F)(F)F. The van der Waals surface area contributed by atoms with Crippen molar-refractivity contribution in [2.75, 3.05) is 0 Å². The van der Waals surface area contributed by atoms with Gasteiger partial charge in [0.15, 0.2) is 11.5 Å². The molecule has 0 aliphatic rings. The van der Waals surface area contributed by atoms with E-state index in [0.717, 1.165) is 18.2 Å². The molecule has 0 unspecified atom stereocenters. The summed E-state index contributed by atoms with van der Waals surface area (Å²) in [4.78, 5) is 0.171. The minimum atomic E-state index is -4.97. The van der Waals surface area contributed by atoms with Gasteiger partial charge >= 0.3 is 13.0 Å². The van der Waals surface area contributed by atoms with Gasteiger partial charge in [-0.15, -0.1) is 25.8 Å². The van der Waals surface area contributed by atoms with Gasteiger partial charge in [0, 0.05) is 4.90 Å². The van der Waals surface area contributed by atoms with E-state index in [0.29, 0.717) is 0 Å². The van der Waals surface area contributed by atoms with Gasteiger partial charge in [0.2, 0.25) is 0 Å². The van der Waals surface area contributed by atoms with E-state index in [1.807, 2.05) is 0 Å². The lowest BCUT2D eigenvalue weighted by Crippen LogP contribution is -2.18. The molecule has 1 aromatic carbocycles. The van der Waals surface area contributed by atoms with Crippen molar-refractivity contribution in [2.45, 2.75) is 17.9 Å². The lowest BCUT2D eigenvalue weighted by Gasteiger charge is -2.13. The van der Waals surface area contributed by atoms with Crippen LogP contribution in [0.2, 0.25) is 0 Å². The maximum Gasteiger partial charge on any atom is 0.573 e. The Bertz CT molecular complexity index is 366.